The summed E-state index contributed by atoms with van der Waals surface area (Å²) in [6, 6.07) is 10.9. The zero-order valence-electron chi connectivity index (χ0n) is 15.1. The quantitative estimate of drug-likeness (QED) is 0.618. The number of ether oxygens (including phenoxy) is 2. The van der Waals surface area contributed by atoms with Crippen molar-refractivity contribution in [3.8, 4) is 17.6 Å². The molecule has 0 radical (unpaired) electrons. The molecule has 0 atom stereocenters. The molecule has 2 aromatic rings. The Balaban J connectivity index is 1.86. The lowest BCUT2D eigenvalue weighted by atomic mass is 10.1. The Labute approximate surface area is 163 Å². The van der Waals surface area contributed by atoms with Gasteiger partial charge in [0.25, 0.3) is 5.91 Å². The fraction of sp³-hybridized carbons (Fsp3) is 0.238. The first kappa shape index (κ1) is 18.8. The molecule has 6 heteroatoms. The molecule has 0 aromatic heterocycles. The highest BCUT2D eigenvalue weighted by Gasteiger charge is 2.16. The van der Waals surface area contributed by atoms with Crippen LogP contribution in [0.4, 0.5) is 5.69 Å². The number of carbonyl (C=O) groups is 1. The van der Waals surface area contributed by atoms with E-state index in [9.17, 15) is 10.1 Å². The molecule has 0 unspecified atom stereocenters. The van der Waals surface area contributed by atoms with E-state index in [1.165, 1.54) is 6.08 Å². The van der Waals surface area contributed by atoms with Crippen LogP contribution in [-0.2, 0) is 4.79 Å². The molecule has 1 amide bonds. The van der Waals surface area contributed by atoms with Gasteiger partial charge in [-0.2, -0.15) is 5.26 Å². The number of rotatable bonds is 3. The Kier molecular flexibility index (Phi) is 5.68. The van der Waals surface area contributed by atoms with E-state index < -0.39 is 5.91 Å². The Hall–Kier alpha value is -2.97. The van der Waals surface area contributed by atoms with E-state index in [-0.39, 0.29) is 5.57 Å². The first-order valence-electron chi connectivity index (χ1n) is 8.57. The van der Waals surface area contributed by atoms with Gasteiger partial charge in [-0.1, -0.05) is 17.7 Å². The predicted molar refractivity (Wildman–Crippen MR) is 105 cm³/mol. The number of carbonyl (C=O) groups excluding carboxylic acids is 1. The third-order valence-electron chi connectivity index (χ3n) is 4.27. The van der Waals surface area contributed by atoms with Crippen molar-refractivity contribution in [3.05, 3.63) is 57.6 Å². The van der Waals surface area contributed by atoms with Gasteiger partial charge in [0.1, 0.15) is 11.6 Å². The molecule has 0 saturated carbocycles. The van der Waals surface area contributed by atoms with Crippen LogP contribution in [-0.4, -0.2) is 19.1 Å². The lowest BCUT2D eigenvalue weighted by Crippen LogP contribution is -2.13. The van der Waals surface area contributed by atoms with E-state index in [0.717, 1.165) is 17.5 Å². The molecule has 1 aliphatic heterocycles. The van der Waals surface area contributed by atoms with Gasteiger partial charge in [-0.05, 0) is 60.9 Å². The van der Waals surface area contributed by atoms with Crippen LogP contribution in [0, 0.1) is 25.2 Å². The number of nitriles is 1. The van der Waals surface area contributed by atoms with Crippen LogP contribution < -0.4 is 14.8 Å². The molecular formula is C21H19ClN2O3. The minimum Gasteiger partial charge on any atom is -0.489 e. The van der Waals surface area contributed by atoms with Gasteiger partial charge in [0.15, 0.2) is 11.5 Å². The van der Waals surface area contributed by atoms with Crippen molar-refractivity contribution in [2.45, 2.75) is 20.3 Å². The van der Waals surface area contributed by atoms with E-state index in [1.54, 1.807) is 18.2 Å². The number of nitrogens with zero attached hydrogens (tertiary/aromatic N) is 1. The van der Waals surface area contributed by atoms with E-state index >= 15 is 0 Å². The highest BCUT2D eigenvalue weighted by atomic mass is 35.5. The topological polar surface area (TPSA) is 71.4 Å². The molecule has 5 nitrogen and oxygen atoms in total. The van der Waals surface area contributed by atoms with Gasteiger partial charge in [-0.25, -0.2) is 0 Å². The summed E-state index contributed by atoms with van der Waals surface area (Å²) in [4.78, 5) is 12.5. The van der Waals surface area contributed by atoms with Crippen LogP contribution in [0.3, 0.4) is 0 Å². The second kappa shape index (κ2) is 8.15. The van der Waals surface area contributed by atoms with Gasteiger partial charge >= 0.3 is 0 Å². The number of aryl methyl sites for hydroxylation is 2. The fourth-order valence-electron chi connectivity index (χ4n) is 2.67. The van der Waals surface area contributed by atoms with E-state index in [0.29, 0.717) is 41.0 Å². The third kappa shape index (κ3) is 4.42. The fourth-order valence-corrected chi connectivity index (χ4v) is 2.94. The molecule has 1 aliphatic rings. The second-order valence-electron chi connectivity index (χ2n) is 6.30. The SMILES string of the molecule is Cc1ccc(NC(=O)/C(C#N)=C/c2cc(Cl)c3c(c2)OCCCO3)cc1C. The maximum Gasteiger partial charge on any atom is 0.266 e. The van der Waals surface area contributed by atoms with Crippen LogP contribution in [0.25, 0.3) is 6.08 Å². The van der Waals surface area contributed by atoms with Crippen molar-refractivity contribution in [1.82, 2.24) is 0 Å². The molecular weight excluding hydrogens is 364 g/mol. The number of fused-ring (bicyclic) bond motifs is 1. The third-order valence-corrected chi connectivity index (χ3v) is 4.55. The molecule has 138 valence electrons. The largest absolute Gasteiger partial charge is 0.489 e. The Morgan fingerprint density at radius 3 is 2.70 bits per heavy atom. The number of nitrogens with one attached hydrogen (secondary N) is 1. The normalized spacial score (nSPS) is 13.5. The Morgan fingerprint density at radius 2 is 1.96 bits per heavy atom. The molecule has 2 aromatic carbocycles. The zero-order valence-corrected chi connectivity index (χ0v) is 15.9. The van der Waals surface area contributed by atoms with Crippen LogP contribution in [0.1, 0.15) is 23.1 Å². The molecule has 0 spiro atoms. The molecule has 0 fully saturated rings. The van der Waals surface area contributed by atoms with Crippen molar-refractivity contribution in [1.29, 1.82) is 5.26 Å². The summed E-state index contributed by atoms with van der Waals surface area (Å²) < 4.78 is 11.2. The van der Waals surface area contributed by atoms with E-state index in [1.807, 2.05) is 32.0 Å². The van der Waals surface area contributed by atoms with Crippen LogP contribution in [0.15, 0.2) is 35.9 Å². The van der Waals surface area contributed by atoms with Crippen molar-refractivity contribution < 1.29 is 14.3 Å². The number of halogens is 1. The molecule has 3 rings (SSSR count). The predicted octanol–water partition coefficient (Wildman–Crippen LogP) is 4.66. The minimum atomic E-state index is -0.482. The van der Waals surface area contributed by atoms with Crippen molar-refractivity contribution in [2.24, 2.45) is 0 Å². The summed E-state index contributed by atoms with van der Waals surface area (Å²) in [5.74, 6) is 0.520. The summed E-state index contributed by atoms with van der Waals surface area (Å²) in [7, 11) is 0. The number of hydrogen-bond acceptors (Lipinski definition) is 4. The summed E-state index contributed by atoms with van der Waals surface area (Å²) >= 11 is 6.27. The van der Waals surface area contributed by atoms with Crippen molar-refractivity contribution in [3.63, 3.8) is 0 Å². The second-order valence-corrected chi connectivity index (χ2v) is 6.71. The molecule has 0 aliphatic carbocycles. The number of benzene rings is 2. The maximum atomic E-state index is 12.5. The summed E-state index contributed by atoms with van der Waals surface area (Å²) in [6.07, 6.45) is 2.24. The van der Waals surface area contributed by atoms with E-state index in [4.69, 9.17) is 21.1 Å². The highest BCUT2D eigenvalue weighted by molar-refractivity contribution is 6.32. The molecule has 1 N–H and O–H groups in total. The Morgan fingerprint density at radius 1 is 1.19 bits per heavy atom. The molecule has 1 heterocycles. The lowest BCUT2D eigenvalue weighted by molar-refractivity contribution is -0.112. The average Bonchev–Trinajstić information content (AvgIpc) is 2.88. The molecule has 0 bridgehead atoms. The first-order valence-corrected chi connectivity index (χ1v) is 8.95. The van der Waals surface area contributed by atoms with Gasteiger partial charge in [0.05, 0.1) is 18.2 Å². The number of amides is 1. The van der Waals surface area contributed by atoms with Crippen molar-refractivity contribution in [2.75, 3.05) is 18.5 Å². The highest BCUT2D eigenvalue weighted by Crippen LogP contribution is 2.38. The van der Waals surface area contributed by atoms with Crippen LogP contribution in [0.5, 0.6) is 11.5 Å². The van der Waals surface area contributed by atoms with Crippen molar-refractivity contribution >= 4 is 29.3 Å². The molecule has 27 heavy (non-hydrogen) atoms. The maximum absolute atomic E-state index is 12.5. The van der Waals surface area contributed by atoms with Gasteiger partial charge in [-0.15, -0.1) is 0 Å². The van der Waals surface area contributed by atoms with Gasteiger partial charge < -0.3 is 14.8 Å². The smallest absolute Gasteiger partial charge is 0.266 e. The Bertz CT molecular complexity index is 961. The first-order chi connectivity index (χ1) is 13.0. The van der Waals surface area contributed by atoms with Crippen LogP contribution >= 0.6 is 11.6 Å². The number of hydrogen-bond donors (Lipinski definition) is 1. The minimum absolute atomic E-state index is 0.0289. The van der Waals surface area contributed by atoms with E-state index in [2.05, 4.69) is 5.32 Å². The lowest BCUT2D eigenvalue weighted by Gasteiger charge is -2.10. The monoisotopic (exact) mass is 382 g/mol. The van der Waals surface area contributed by atoms with Crippen LogP contribution in [0.2, 0.25) is 5.02 Å². The molecule has 0 saturated heterocycles. The summed E-state index contributed by atoms with van der Waals surface area (Å²) in [5, 5.41) is 12.6. The van der Waals surface area contributed by atoms with Gasteiger partial charge in [0, 0.05) is 12.1 Å². The van der Waals surface area contributed by atoms with Gasteiger partial charge in [0.2, 0.25) is 0 Å². The summed E-state index contributed by atoms with van der Waals surface area (Å²) in [6.45, 7) is 5.01. The summed E-state index contributed by atoms with van der Waals surface area (Å²) in [5.41, 5.74) is 3.40. The zero-order chi connectivity index (χ0) is 19.4. The van der Waals surface area contributed by atoms with Gasteiger partial charge in [-0.3, -0.25) is 4.79 Å². The number of anilines is 1. The standard InChI is InChI=1S/C21H19ClN2O3/c1-13-4-5-17(8-14(13)2)24-21(25)16(12-23)9-15-10-18(22)20-19(11-15)26-6-3-7-27-20/h4-5,8-11H,3,6-7H2,1-2H3,(H,24,25)/b16-9+. The average molecular weight is 383 g/mol.